The predicted octanol–water partition coefficient (Wildman–Crippen LogP) is 4.03. The zero-order valence-corrected chi connectivity index (χ0v) is 13.8. The van der Waals surface area contributed by atoms with Gasteiger partial charge in [0.25, 0.3) is 0 Å². The van der Waals surface area contributed by atoms with E-state index in [1.807, 2.05) is 4.68 Å². The maximum atomic E-state index is 6.43. The molecule has 1 aromatic rings. The first-order chi connectivity index (χ1) is 9.65. The van der Waals surface area contributed by atoms with Crippen molar-refractivity contribution >= 4 is 11.6 Å². The summed E-state index contributed by atoms with van der Waals surface area (Å²) in [6.07, 6.45) is 6.44. The Morgan fingerprint density at radius 2 is 2.15 bits per heavy atom. The average Bonchev–Trinajstić information content (AvgIpc) is 2.75. The lowest BCUT2D eigenvalue weighted by molar-refractivity contribution is 0.273. The molecule has 0 bridgehead atoms. The fourth-order valence-electron chi connectivity index (χ4n) is 3.33. The summed E-state index contributed by atoms with van der Waals surface area (Å²) < 4.78 is 2.04. The van der Waals surface area contributed by atoms with Crippen molar-refractivity contribution in [3.8, 4) is 0 Å². The van der Waals surface area contributed by atoms with Crippen LogP contribution in [-0.2, 0) is 19.5 Å². The van der Waals surface area contributed by atoms with E-state index in [9.17, 15) is 0 Å². The zero-order chi connectivity index (χ0) is 14.5. The number of nitrogens with one attached hydrogen (secondary N) is 1. The molecular weight excluding hydrogens is 270 g/mol. The number of rotatable bonds is 6. The lowest BCUT2D eigenvalue weighted by Gasteiger charge is -2.26. The molecule has 2 rings (SSSR count). The number of nitrogens with zero attached hydrogens (tertiary/aromatic N) is 2. The first kappa shape index (κ1) is 15.8. The van der Waals surface area contributed by atoms with Crippen LogP contribution >= 0.6 is 11.6 Å². The Bertz CT molecular complexity index is 428. The molecule has 20 heavy (non-hydrogen) atoms. The van der Waals surface area contributed by atoms with Crippen LogP contribution in [0.2, 0.25) is 5.02 Å². The standard InChI is InChI=1S/C16H28ClN3/c1-4-14-16(17)15(20(5-2)19-14)11-18-10-13-8-6-7-12(3)9-13/h12-13,18H,4-11H2,1-3H3. The van der Waals surface area contributed by atoms with Gasteiger partial charge in [0.15, 0.2) is 0 Å². The van der Waals surface area contributed by atoms with Crippen molar-refractivity contribution < 1.29 is 0 Å². The predicted molar refractivity (Wildman–Crippen MR) is 85.1 cm³/mol. The van der Waals surface area contributed by atoms with Gasteiger partial charge in [0.05, 0.1) is 16.4 Å². The van der Waals surface area contributed by atoms with Crippen LogP contribution in [0.25, 0.3) is 0 Å². The number of aromatic nitrogens is 2. The molecule has 3 nitrogen and oxygen atoms in total. The van der Waals surface area contributed by atoms with Gasteiger partial charge in [-0.3, -0.25) is 4.68 Å². The Morgan fingerprint density at radius 3 is 2.80 bits per heavy atom. The summed E-state index contributed by atoms with van der Waals surface area (Å²) >= 11 is 6.43. The Hall–Kier alpha value is -0.540. The van der Waals surface area contributed by atoms with Crippen molar-refractivity contribution in [1.29, 1.82) is 0 Å². The molecule has 1 aliphatic rings. The highest BCUT2D eigenvalue weighted by Gasteiger charge is 2.19. The van der Waals surface area contributed by atoms with Crippen molar-refractivity contribution in [2.75, 3.05) is 6.54 Å². The summed E-state index contributed by atoms with van der Waals surface area (Å²) in [6.45, 7) is 9.44. The molecule has 1 heterocycles. The molecule has 0 aliphatic heterocycles. The molecule has 1 N–H and O–H groups in total. The third-order valence-electron chi connectivity index (χ3n) is 4.46. The Labute approximate surface area is 128 Å². The van der Waals surface area contributed by atoms with E-state index < -0.39 is 0 Å². The van der Waals surface area contributed by atoms with E-state index in [4.69, 9.17) is 11.6 Å². The smallest absolute Gasteiger partial charge is 0.0863 e. The number of hydrogen-bond donors (Lipinski definition) is 1. The minimum absolute atomic E-state index is 0.834. The van der Waals surface area contributed by atoms with Gasteiger partial charge in [-0.1, -0.05) is 38.3 Å². The molecular formula is C16H28ClN3. The molecule has 0 spiro atoms. The maximum Gasteiger partial charge on any atom is 0.0863 e. The normalized spacial score (nSPS) is 23.2. The SMILES string of the molecule is CCc1nn(CC)c(CNCC2CCCC(C)C2)c1Cl. The van der Waals surface area contributed by atoms with Crippen LogP contribution in [0.3, 0.4) is 0 Å². The highest BCUT2D eigenvalue weighted by Crippen LogP contribution is 2.28. The van der Waals surface area contributed by atoms with Crippen LogP contribution in [0, 0.1) is 11.8 Å². The topological polar surface area (TPSA) is 29.9 Å². The largest absolute Gasteiger partial charge is 0.311 e. The molecule has 114 valence electrons. The van der Waals surface area contributed by atoms with Gasteiger partial charge < -0.3 is 5.32 Å². The van der Waals surface area contributed by atoms with Crippen molar-refractivity contribution in [1.82, 2.24) is 15.1 Å². The highest BCUT2D eigenvalue weighted by molar-refractivity contribution is 6.31. The second-order valence-corrected chi connectivity index (χ2v) is 6.52. The van der Waals surface area contributed by atoms with E-state index >= 15 is 0 Å². The van der Waals surface area contributed by atoms with Crippen LogP contribution < -0.4 is 5.32 Å². The van der Waals surface area contributed by atoms with E-state index in [1.54, 1.807) is 0 Å². The summed E-state index contributed by atoms with van der Waals surface area (Å²) in [7, 11) is 0. The van der Waals surface area contributed by atoms with Crippen LogP contribution in [0.1, 0.15) is 57.8 Å². The van der Waals surface area contributed by atoms with Gasteiger partial charge in [0.2, 0.25) is 0 Å². The van der Waals surface area contributed by atoms with Crippen LogP contribution in [0.15, 0.2) is 0 Å². The van der Waals surface area contributed by atoms with E-state index in [0.717, 1.165) is 54.3 Å². The van der Waals surface area contributed by atoms with Gasteiger partial charge in [-0.25, -0.2) is 0 Å². The maximum absolute atomic E-state index is 6.43. The van der Waals surface area contributed by atoms with E-state index in [1.165, 1.54) is 25.7 Å². The summed E-state index contributed by atoms with van der Waals surface area (Å²) in [5, 5.41) is 9.03. The van der Waals surface area contributed by atoms with Crippen LogP contribution in [0.5, 0.6) is 0 Å². The quantitative estimate of drug-likeness (QED) is 0.859. The molecule has 1 aromatic heterocycles. The van der Waals surface area contributed by atoms with Crippen molar-refractivity contribution in [3.63, 3.8) is 0 Å². The fraction of sp³-hybridized carbons (Fsp3) is 0.812. The van der Waals surface area contributed by atoms with Crippen molar-refractivity contribution in [2.45, 2.75) is 66.0 Å². The molecule has 2 atom stereocenters. The minimum Gasteiger partial charge on any atom is -0.311 e. The van der Waals surface area contributed by atoms with E-state index in [2.05, 4.69) is 31.2 Å². The molecule has 1 fully saturated rings. The number of halogens is 1. The Balaban J connectivity index is 1.88. The Kier molecular flexibility index (Phi) is 5.91. The van der Waals surface area contributed by atoms with Gasteiger partial charge >= 0.3 is 0 Å². The fourth-order valence-corrected chi connectivity index (χ4v) is 3.66. The third kappa shape index (κ3) is 3.76. The lowest BCUT2D eigenvalue weighted by atomic mass is 9.82. The van der Waals surface area contributed by atoms with Crippen molar-refractivity contribution in [3.05, 3.63) is 16.4 Å². The highest BCUT2D eigenvalue weighted by atomic mass is 35.5. The molecule has 2 unspecified atom stereocenters. The van der Waals surface area contributed by atoms with Crippen molar-refractivity contribution in [2.24, 2.45) is 11.8 Å². The second kappa shape index (κ2) is 7.46. The average molecular weight is 298 g/mol. The van der Waals surface area contributed by atoms with E-state index in [0.29, 0.717) is 0 Å². The first-order valence-corrected chi connectivity index (χ1v) is 8.48. The Morgan fingerprint density at radius 1 is 1.35 bits per heavy atom. The molecule has 0 radical (unpaired) electrons. The summed E-state index contributed by atoms with van der Waals surface area (Å²) in [5.74, 6) is 1.73. The van der Waals surface area contributed by atoms with Gasteiger partial charge in [-0.15, -0.1) is 0 Å². The third-order valence-corrected chi connectivity index (χ3v) is 4.90. The van der Waals surface area contributed by atoms with Gasteiger partial charge in [-0.05, 0) is 44.6 Å². The molecule has 4 heteroatoms. The van der Waals surface area contributed by atoms with Gasteiger partial charge in [-0.2, -0.15) is 5.10 Å². The summed E-state index contributed by atoms with van der Waals surface area (Å²) in [4.78, 5) is 0. The monoisotopic (exact) mass is 297 g/mol. The second-order valence-electron chi connectivity index (χ2n) is 6.15. The zero-order valence-electron chi connectivity index (χ0n) is 13.1. The summed E-state index contributed by atoms with van der Waals surface area (Å²) in [6, 6.07) is 0. The molecule has 0 saturated heterocycles. The summed E-state index contributed by atoms with van der Waals surface area (Å²) in [5.41, 5.74) is 2.17. The lowest BCUT2D eigenvalue weighted by Crippen LogP contribution is -2.27. The number of hydrogen-bond acceptors (Lipinski definition) is 2. The van der Waals surface area contributed by atoms with Crippen LogP contribution in [0.4, 0.5) is 0 Å². The molecule has 0 amide bonds. The van der Waals surface area contributed by atoms with E-state index in [-0.39, 0.29) is 0 Å². The molecule has 1 saturated carbocycles. The van der Waals surface area contributed by atoms with Crippen LogP contribution in [-0.4, -0.2) is 16.3 Å². The first-order valence-electron chi connectivity index (χ1n) is 8.10. The van der Waals surface area contributed by atoms with Gasteiger partial charge in [0.1, 0.15) is 0 Å². The molecule has 0 aromatic carbocycles. The van der Waals surface area contributed by atoms with Gasteiger partial charge in [0, 0.05) is 13.1 Å². The number of aryl methyl sites for hydroxylation is 2. The molecule has 1 aliphatic carbocycles. The minimum atomic E-state index is 0.834.